The minimum Gasteiger partial charge on any atom is -0.481 e. The lowest BCUT2D eigenvalue weighted by Gasteiger charge is -2.29. The van der Waals surface area contributed by atoms with Crippen LogP contribution in [0.4, 0.5) is 11.4 Å². The third-order valence-corrected chi connectivity index (χ3v) is 6.52. The van der Waals surface area contributed by atoms with Crippen molar-refractivity contribution < 1.29 is 19.4 Å². The van der Waals surface area contributed by atoms with Crippen LogP contribution in [-0.2, 0) is 14.3 Å². The third-order valence-electron chi connectivity index (χ3n) is 6.52. The molecule has 1 aromatic carbocycles. The molecule has 2 bridgehead atoms. The summed E-state index contributed by atoms with van der Waals surface area (Å²) in [6.45, 7) is 7.25. The van der Waals surface area contributed by atoms with Gasteiger partial charge in [-0.15, -0.1) is 0 Å². The summed E-state index contributed by atoms with van der Waals surface area (Å²) < 4.78 is 5.38. The number of rotatable bonds is 4. The van der Waals surface area contributed by atoms with E-state index in [-0.39, 0.29) is 17.7 Å². The van der Waals surface area contributed by atoms with Gasteiger partial charge in [0.05, 0.1) is 25.0 Å². The highest BCUT2D eigenvalue weighted by atomic mass is 16.5. The maximum atomic E-state index is 13.1. The highest BCUT2D eigenvalue weighted by Crippen LogP contribution is 2.57. The van der Waals surface area contributed by atoms with Crippen LogP contribution in [0.1, 0.15) is 26.7 Å². The first-order chi connectivity index (χ1) is 13.5. The molecule has 0 unspecified atom stereocenters. The van der Waals surface area contributed by atoms with E-state index in [1.165, 1.54) is 11.1 Å². The zero-order chi connectivity index (χ0) is 19.8. The Morgan fingerprint density at radius 1 is 1.04 bits per heavy atom. The number of ether oxygens (including phenoxy) is 1. The molecule has 2 aliphatic carbocycles. The molecule has 1 aromatic rings. The molecular formula is C22H28N2O4. The van der Waals surface area contributed by atoms with E-state index in [0.29, 0.717) is 5.69 Å². The van der Waals surface area contributed by atoms with Gasteiger partial charge < -0.3 is 20.1 Å². The number of anilines is 2. The number of carbonyl (C=O) groups is 2. The lowest BCUT2D eigenvalue weighted by molar-refractivity contribution is -0.148. The summed E-state index contributed by atoms with van der Waals surface area (Å²) in [6, 6.07) is 7.79. The van der Waals surface area contributed by atoms with Crippen LogP contribution in [-0.4, -0.2) is 43.3 Å². The van der Waals surface area contributed by atoms with Crippen molar-refractivity contribution in [2.75, 3.05) is 36.5 Å². The summed E-state index contributed by atoms with van der Waals surface area (Å²) in [5.74, 6) is -2.06. The first kappa shape index (κ1) is 19.0. The quantitative estimate of drug-likeness (QED) is 0.780. The Hall–Kier alpha value is -2.34. The van der Waals surface area contributed by atoms with Crippen molar-refractivity contribution in [3.8, 4) is 0 Å². The van der Waals surface area contributed by atoms with Crippen LogP contribution in [0, 0.1) is 23.7 Å². The number of carboxylic acid groups (broad SMARTS) is 1. The molecular weight excluding hydrogens is 356 g/mol. The Kier molecular flexibility index (Phi) is 5.15. The van der Waals surface area contributed by atoms with Crippen molar-refractivity contribution in [2.45, 2.75) is 26.7 Å². The van der Waals surface area contributed by atoms with Crippen LogP contribution >= 0.6 is 0 Å². The summed E-state index contributed by atoms with van der Waals surface area (Å²) in [7, 11) is 0. The van der Waals surface area contributed by atoms with Gasteiger partial charge in [0, 0.05) is 24.5 Å². The van der Waals surface area contributed by atoms with Crippen LogP contribution in [0.2, 0.25) is 0 Å². The summed E-state index contributed by atoms with van der Waals surface area (Å²) in [5, 5.41) is 12.8. The first-order valence-electron chi connectivity index (χ1n) is 10.1. The standard InChI is InChI=1S/C22H28N2O4/c1-13(2)18-16-7-8-17(18)20(22(26)27)19(16)21(25)23-14-3-5-15(6-4-14)24-9-11-28-12-10-24/h3-6,16-17,19-20H,7-12H2,1-2H3,(H,23,25)(H,26,27)/t16-,17-,19-,20+/m1/s1. The van der Waals surface area contributed by atoms with Crippen LogP contribution < -0.4 is 10.2 Å². The molecule has 1 aliphatic heterocycles. The zero-order valence-electron chi connectivity index (χ0n) is 16.5. The monoisotopic (exact) mass is 384 g/mol. The van der Waals surface area contributed by atoms with Gasteiger partial charge in [0.1, 0.15) is 0 Å². The predicted octanol–water partition coefficient (Wildman–Crippen LogP) is 3.15. The van der Waals surface area contributed by atoms with Gasteiger partial charge >= 0.3 is 5.97 Å². The van der Waals surface area contributed by atoms with Crippen molar-refractivity contribution in [3.63, 3.8) is 0 Å². The second-order valence-electron chi connectivity index (χ2n) is 8.27. The molecule has 2 N–H and O–H groups in total. The maximum Gasteiger partial charge on any atom is 0.307 e. The number of amides is 1. The van der Waals surface area contributed by atoms with Gasteiger partial charge in [-0.2, -0.15) is 0 Å². The predicted molar refractivity (Wildman–Crippen MR) is 107 cm³/mol. The van der Waals surface area contributed by atoms with E-state index in [2.05, 4.69) is 10.2 Å². The Balaban J connectivity index is 1.50. The molecule has 28 heavy (non-hydrogen) atoms. The topological polar surface area (TPSA) is 78.9 Å². The Morgan fingerprint density at radius 2 is 1.64 bits per heavy atom. The molecule has 4 atom stereocenters. The van der Waals surface area contributed by atoms with Gasteiger partial charge in [0.2, 0.25) is 5.91 Å². The van der Waals surface area contributed by atoms with E-state index in [0.717, 1.165) is 44.8 Å². The average Bonchev–Trinajstić information content (AvgIpc) is 3.26. The number of nitrogens with zero attached hydrogens (tertiary/aromatic N) is 1. The molecule has 6 nitrogen and oxygen atoms in total. The van der Waals surface area contributed by atoms with Crippen molar-refractivity contribution in [1.82, 2.24) is 0 Å². The number of benzene rings is 1. The Labute approximate surface area is 165 Å². The number of hydrogen-bond acceptors (Lipinski definition) is 4. The molecule has 0 spiro atoms. The number of nitrogens with one attached hydrogen (secondary N) is 1. The lowest BCUT2D eigenvalue weighted by atomic mass is 9.78. The zero-order valence-corrected chi connectivity index (χ0v) is 16.5. The second-order valence-corrected chi connectivity index (χ2v) is 8.27. The van der Waals surface area contributed by atoms with Crippen LogP contribution in [0.25, 0.3) is 0 Å². The molecule has 3 aliphatic rings. The number of carboxylic acids is 1. The van der Waals surface area contributed by atoms with Crippen molar-refractivity contribution >= 4 is 23.3 Å². The number of allylic oxidation sites excluding steroid dienone is 2. The molecule has 1 heterocycles. The molecule has 1 saturated heterocycles. The number of morpholine rings is 1. The van der Waals surface area contributed by atoms with Gasteiger partial charge in [-0.05, 0) is 62.8 Å². The molecule has 2 saturated carbocycles. The summed E-state index contributed by atoms with van der Waals surface area (Å²) in [6.07, 6.45) is 1.78. The summed E-state index contributed by atoms with van der Waals surface area (Å²) >= 11 is 0. The van der Waals surface area contributed by atoms with Crippen molar-refractivity contribution in [3.05, 3.63) is 35.4 Å². The first-order valence-corrected chi connectivity index (χ1v) is 10.1. The van der Waals surface area contributed by atoms with Crippen molar-refractivity contribution in [1.29, 1.82) is 0 Å². The number of carbonyl (C=O) groups excluding carboxylic acids is 1. The molecule has 4 rings (SSSR count). The average molecular weight is 384 g/mol. The van der Waals surface area contributed by atoms with Crippen LogP contribution in [0.3, 0.4) is 0 Å². The van der Waals surface area contributed by atoms with Crippen LogP contribution in [0.15, 0.2) is 35.4 Å². The second kappa shape index (κ2) is 7.59. The molecule has 150 valence electrons. The van der Waals surface area contributed by atoms with Gasteiger partial charge in [-0.1, -0.05) is 11.1 Å². The molecule has 0 aromatic heterocycles. The van der Waals surface area contributed by atoms with E-state index >= 15 is 0 Å². The Morgan fingerprint density at radius 3 is 2.21 bits per heavy atom. The fraction of sp³-hybridized carbons (Fsp3) is 0.545. The van der Waals surface area contributed by atoms with E-state index in [9.17, 15) is 14.7 Å². The summed E-state index contributed by atoms with van der Waals surface area (Å²) in [4.78, 5) is 27.2. The minimum absolute atomic E-state index is 0.00643. The molecule has 3 fully saturated rings. The fourth-order valence-electron chi connectivity index (χ4n) is 5.41. The third kappa shape index (κ3) is 3.30. The summed E-state index contributed by atoms with van der Waals surface area (Å²) in [5.41, 5.74) is 4.20. The van der Waals surface area contributed by atoms with Gasteiger partial charge in [-0.3, -0.25) is 9.59 Å². The van der Waals surface area contributed by atoms with Crippen molar-refractivity contribution in [2.24, 2.45) is 23.7 Å². The highest BCUT2D eigenvalue weighted by Gasteiger charge is 2.57. The van der Waals surface area contributed by atoms with Gasteiger partial charge in [0.25, 0.3) is 0 Å². The SMILES string of the molecule is CC(C)=C1[C@H]2CC[C@H]1[C@@H](C(=O)Nc1ccc(N3CCOCC3)cc1)[C@H]2C(=O)O. The fourth-order valence-corrected chi connectivity index (χ4v) is 5.41. The van der Waals surface area contributed by atoms with E-state index < -0.39 is 17.8 Å². The van der Waals surface area contributed by atoms with Gasteiger partial charge in [-0.25, -0.2) is 0 Å². The minimum atomic E-state index is -0.853. The highest BCUT2D eigenvalue weighted by molar-refractivity contribution is 5.96. The number of hydrogen-bond donors (Lipinski definition) is 2. The number of aliphatic carboxylic acids is 1. The Bertz CT molecular complexity index is 791. The smallest absolute Gasteiger partial charge is 0.307 e. The van der Waals surface area contributed by atoms with E-state index in [4.69, 9.17) is 4.74 Å². The normalized spacial score (nSPS) is 29.1. The van der Waals surface area contributed by atoms with Gasteiger partial charge in [0.15, 0.2) is 0 Å². The largest absolute Gasteiger partial charge is 0.481 e. The molecule has 6 heteroatoms. The van der Waals surface area contributed by atoms with E-state index in [1.807, 2.05) is 38.1 Å². The maximum absolute atomic E-state index is 13.1. The molecule has 1 amide bonds. The van der Waals surface area contributed by atoms with Crippen LogP contribution in [0.5, 0.6) is 0 Å². The number of fused-ring (bicyclic) bond motifs is 2. The van der Waals surface area contributed by atoms with E-state index in [1.54, 1.807) is 0 Å². The lowest BCUT2D eigenvalue weighted by Crippen LogP contribution is -2.38. The molecule has 0 radical (unpaired) electrons.